The van der Waals surface area contributed by atoms with E-state index < -0.39 is 41.4 Å². The molecule has 3 aliphatic heterocycles. The monoisotopic (exact) mass is 716 g/mol. The van der Waals surface area contributed by atoms with Crippen molar-refractivity contribution in [3.05, 3.63) is 65.7 Å². The van der Waals surface area contributed by atoms with Crippen LogP contribution < -0.4 is 31.3 Å². The zero-order valence-corrected chi connectivity index (χ0v) is 30.4. The van der Waals surface area contributed by atoms with E-state index in [1.54, 1.807) is 17.0 Å². The van der Waals surface area contributed by atoms with Crippen molar-refractivity contribution in [2.75, 3.05) is 19.7 Å². The van der Waals surface area contributed by atoms with E-state index in [9.17, 15) is 28.8 Å². The van der Waals surface area contributed by atoms with Crippen LogP contribution in [0.1, 0.15) is 76.8 Å². The highest BCUT2D eigenvalue weighted by Gasteiger charge is 2.52. The first-order valence-electron chi connectivity index (χ1n) is 18.5. The summed E-state index contributed by atoms with van der Waals surface area (Å²) >= 11 is 0. The minimum atomic E-state index is -1.21. The van der Waals surface area contributed by atoms with E-state index in [0.29, 0.717) is 50.9 Å². The van der Waals surface area contributed by atoms with Gasteiger partial charge in [0.15, 0.2) is 0 Å². The minimum absolute atomic E-state index is 0.0900. The number of hydrogen-bond acceptors (Lipinski definition) is 7. The number of rotatable bonds is 9. The molecule has 0 unspecified atom stereocenters. The maximum atomic E-state index is 13.8. The first-order chi connectivity index (χ1) is 24.9. The largest absolute Gasteiger partial charge is 0.491 e. The van der Waals surface area contributed by atoms with Gasteiger partial charge in [-0.15, -0.1) is 0 Å². The standard InChI is InChI=1S/C39H52N6O7/c1-25(2)21-29-24-52-30-15-13-28(14-16-30)23-31(42-33(46)11-7-19-45-20-8-12-34(45)47)36(49)40-26(3)35(48)44-39(17-18-39)38(51)43-32(37(50)41-29)22-27-9-5-4-6-10-27/h4-6,9-10,13-16,25-26,29,31-32H,7-8,11-12,17-24H2,1-3H3,(H,40,49)(H,41,50)(H,42,46)(H,43,51)(H,44,48)/t26-,29+,31+,32-/m1/s1. The summed E-state index contributed by atoms with van der Waals surface area (Å²) in [5.74, 6) is -1.36. The number of nitrogens with zero attached hydrogens (tertiary/aromatic N) is 1. The van der Waals surface area contributed by atoms with Gasteiger partial charge >= 0.3 is 0 Å². The fraction of sp³-hybridized carbons (Fsp3) is 0.538. The van der Waals surface area contributed by atoms with Crippen LogP contribution in [0, 0.1) is 5.92 Å². The first kappa shape index (κ1) is 38.3. The van der Waals surface area contributed by atoms with E-state index >= 15 is 0 Å². The van der Waals surface area contributed by atoms with Crippen LogP contribution in [0.25, 0.3) is 0 Å². The fourth-order valence-electron chi connectivity index (χ4n) is 6.65. The molecule has 13 nitrogen and oxygen atoms in total. The van der Waals surface area contributed by atoms with E-state index in [1.165, 1.54) is 6.92 Å². The van der Waals surface area contributed by atoms with Crippen molar-refractivity contribution in [1.29, 1.82) is 0 Å². The summed E-state index contributed by atoms with van der Waals surface area (Å²) in [6, 6.07) is 13.3. The summed E-state index contributed by atoms with van der Waals surface area (Å²) in [5.41, 5.74) is 0.409. The molecule has 1 aliphatic carbocycles. The van der Waals surface area contributed by atoms with Gasteiger partial charge in [0, 0.05) is 38.8 Å². The molecule has 1 saturated carbocycles. The lowest BCUT2D eigenvalue weighted by Crippen LogP contribution is -2.59. The molecule has 6 amide bonds. The highest BCUT2D eigenvalue weighted by molar-refractivity contribution is 5.99. The number of fused-ring (bicyclic) bond motifs is 15. The van der Waals surface area contributed by atoms with Gasteiger partial charge in [-0.25, -0.2) is 0 Å². The Morgan fingerprint density at radius 1 is 0.942 bits per heavy atom. The zero-order chi connectivity index (χ0) is 37.3. The van der Waals surface area contributed by atoms with Gasteiger partial charge in [-0.3, -0.25) is 28.8 Å². The van der Waals surface area contributed by atoms with Crippen molar-refractivity contribution in [1.82, 2.24) is 31.5 Å². The highest BCUT2D eigenvalue weighted by atomic mass is 16.5. The molecule has 0 radical (unpaired) electrons. The van der Waals surface area contributed by atoms with E-state index in [1.807, 2.05) is 42.5 Å². The Morgan fingerprint density at radius 2 is 1.67 bits per heavy atom. The lowest BCUT2D eigenvalue weighted by Gasteiger charge is -2.27. The van der Waals surface area contributed by atoms with Crippen molar-refractivity contribution in [2.24, 2.45) is 5.92 Å². The number of nitrogens with one attached hydrogen (secondary N) is 5. The van der Waals surface area contributed by atoms with Gasteiger partial charge in [0.1, 0.15) is 36.0 Å². The Bertz CT molecular complexity index is 1590. The van der Waals surface area contributed by atoms with Gasteiger partial charge in [0.2, 0.25) is 35.4 Å². The van der Waals surface area contributed by atoms with Crippen LogP contribution in [0.5, 0.6) is 5.75 Å². The summed E-state index contributed by atoms with van der Waals surface area (Å²) in [5, 5.41) is 14.4. The minimum Gasteiger partial charge on any atom is -0.491 e. The van der Waals surface area contributed by atoms with Crippen molar-refractivity contribution in [3.8, 4) is 5.75 Å². The van der Waals surface area contributed by atoms with Crippen molar-refractivity contribution in [2.45, 2.75) is 108 Å². The number of carbonyl (C=O) groups excluding carboxylic acids is 6. The lowest BCUT2D eigenvalue weighted by molar-refractivity contribution is -0.135. The second-order valence-electron chi connectivity index (χ2n) is 14.7. The second-order valence-corrected chi connectivity index (χ2v) is 14.7. The van der Waals surface area contributed by atoms with Gasteiger partial charge in [-0.1, -0.05) is 56.3 Å². The summed E-state index contributed by atoms with van der Waals surface area (Å²) < 4.78 is 6.13. The van der Waals surface area contributed by atoms with Crippen LogP contribution in [0.15, 0.2) is 54.6 Å². The number of likely N-dealkylation sites (tertiary alicyclic amines) is 1. The molecule has 3 heterocycles. The number of amides is 6. The summed E-state index contributed by atoms with van der Waals surface area (Å²) in [7, 11) is 0. The topological polar surface area (TPSA) is 175 Å². The maximum absolute atomic E-state index is 13.8. The molecule has 13 heteroatoms. The molecular formula is C39H52N6O7. The van der Waals surface area contributed by atoms with E-state index in [-0.39, 0.29) is 55.6 Å². The molecule has 4 aliphatic rings. The summed E-state index contributed by atoms with van der Waals surface area (Å²) in [6.45, 7) is 6.99. The molecule has 280 valence electrons. The van der Waals surface area contributed by atoms with Gasteiger partial charge < -0.3 is 36.2 Å². The number of ether oxygens (including phenoxy) is 1. The summed E-state index contributed by atoms with van der Waals surface area (Å²) in [4.78, 5) is 81.4. The van der Waals surface area contributed by atoms with E-state index in [2.05, 4.69) is 40.4 Å². The molecule has 5 N–H and O–H groups in total. The summed E-state index contributed by atoms with van der Waals surface area (Å²) in [6.07, 6.45) is 3.74. The molecule has 6 rings (SSSR count). The normalized spacial score (nSPS) is 24.1. The highest BCUT2D eigenvalue weighted by Crippen LogP contribution is 2.36. The van der Waals surface area contributed by atoms with Crippen LogP contribution in [0.2, 0.25) is 0 Å². The number of hydrogen-bond donors (Lipinski definition) is 5. The van der Waals surface area contributed by atoms with Crippen molar-refractivity contribution >= 4 is 35.4 Å². The predicted molar refractivity (Wildman–Crippen MR) is 194 cm³/mol. The molecule has 2 fully saturated rings. The lowest BCUT2D eigenvalue weighted by atomic mass is 10.0. The van der Waals surface area contributed by atoms with Crippen LogP contribution in [-0.4, -0.2) is 89.7 Å². The first-order valence-corrected chi connectivity index (χ1v) is 18.5. The smallest absolute Gasteiger partial charge is 0.246 e. The van der Waals surface area contributed by atoms with Gasteiger partial charge in [-0.05, 0) is 68.2 Å². The zero-order valence-electron chi connectivity index (χ0n) is 30.4. The number of carbonyl (C=O) groups is 6. The van der Waals surface area contributed by atoms with Crippen LogP contribution in [0.3, 0.4) is 0 Å². The molecule has 0 aromatic heterocycles. The molecule has 52 heavy (non-hydrogen) atoms. The third-order valence-corrected chi connectivity index (χ3v) is 9.78. The average Bonchev–Trinajstić information content (AvgIpc) is 3.79. The molecule has 1 saturated heterocycles. The third-order valence-electron chi connectivity index (χ3n) is 9.78. The van der Waals surface area contributed by atoms with E-state index in [0.717, 1.165) is 17.5 Å². The predicted octanol–water partition coefficient (Wildman–Crippen LogP) is 1.92. The van der Waals surface area contributed by atoms with Gasteiger partial charge in [-0.2, -0.15) is 0 Å². The third kappa shape index (κ3) is 10.8. The van der Waals surface area contributed by atoms with Crippen molar-refractivity contribution in [3.63, 3.8) is 0 Å². The Hall–Kier alpha value is -4.94. The molecule has 2 bridgehead atoms. The molecule has 2 aromatic carbocycles. The maximum Gasteiger partial charge on any atom is 0.246 e. The Balaban J connectivity index is 1.35. The molecule has 2 aromatic rings. The van der Waals surface area contributed by atoms with Gasteiger partial charge in [0.05, 0.1) is 6.04 Å². The molecule has 4 atom stereocenters. The van der Waals surface area contributed by atoms with Crippen LogP contribution in [0.4, 0.5) is 0 Å². The number of benzene rings is 2. The van der Waals surface area contributed by atoms with E-state index in [4.69, 9.17) is 4.74 Å². The van der Waals surface area contributed by atoms with Crippen LogP contribution >= 0.6 is 0 Å². The fourth-order valence-corrected chi connectivity index (χ4v) is 6.65. The average molecular weight is 717 g/mol. The molecular weight excluding hydrogens is 664 g/mol. The molecule has 1 spiro atoms. The van der Waals surface area contributed by atoms with Gasteiger partial charge in [0.25, 0.3) is 0 Å². The Labute approximate surface area is 305 Å². The Kier molecular flexibility index (Phi) is 12.9. The second kappa shape index (κ2) is 17.5. The SMILES string of the molecule is CC(C)C[C@H]1COc2ccc(cc2)C[C@H](NC(=O)CCCN2CCCC2=O)C(=O)N[C@H](C)C(=O)NC2(CC2)C(=O)N[C@H](Cc2ccccc2)C(=O)N1. The quantitative estimate of drug-likeness (QED) is 0.247. The van der Waals surface area contributed by atoms with Crippen LogP contribution in [-0.2, 0) is 41.6 Å². The van der Waals surface area contributed by atoms with Crippen molar-refractivity contribution < 1.29 is 33.5 Å². The Morgan fingerprint density at radius 3 is 2.33 bits per heavy atom.